The molecule has 1 aromatic rings. The lowest BCUT2D eigenvalue weighted by molar-refractivity contribution is 0.0116. The van der Waals surface area contributed by atoms with E-state index in [9.17, 15) is 0 Å². The second kappa shape index (κ2) is 8.94. The Kier molecular flexibility index (Phi) is 6.75. The van der Waals surface area contributed by atoms with Crippen LogP contribution in [0, 0.1) is 0 Å². The van der Waals surface area contributed by atoms with Crippen LogP contribution in [0.4, 0.5) is 0 Å². The van der Waals surface area contributed by atoms with Crippen molar-refractivity contribution < 1.29 is 9.47 Å². The van der Waals surface area contributed by atoms with Gasteiger partial charge in [0.2, 0.25) is 0 Å². The van der Waals surface area contributed by atoms with Gasteiger partial charge in [0.1, 0.15) is 5.75 Å². The van der Waals surface area contributed by atoms with Crippen molar-refractivity contribution in [3.05, 3.63) is 30.3 Å². The van der Waals surface area contributed by atoms with E-state index in [0.29, 0.717) is 6.10 Å². The first kappa shape index (κ1) is 14.4. The largest absolute Gasteiger partial charge is 0.494 e. The van der Waals surface area contributed by atoms with Crippen LogP contribution in [0.15, 0.2) is 30.3 Å². The number of benzene rings is 1. The molecule has 0 aromatic heterocycles. The lowest BCUT2D eigenvalue weighted by Gasteiger charge is -2.22. The maximum absolute atomic E-state index is 5.70. The van der Waals surface area contributed by atoms with Crippen molar-refractivity contribution in [1.29, 1.82) is 0 Å². The summed E-state index contributed by atoms with van der Waals surface area (Å²) in [5.41, 5.74) is 0. The highest BCUT2D eigenvalue weighted by molar-refractivity contribution is 5.20. The lowest BCUT2D eigenvalue weighted by atomic mass is 10.1. The normalized spacial score (nSPS) is 19.3. The van der Waals surface area contributed by atoms with Gasteiger partial charge in [0.25, 0.3) is 0 Å². The molecule has 0 saturated carbocycles. The van der Waals surface area contributed by atoms with Gasteiger partial charge in [-0.05, 0) is 57.3 Å². The quantitative estimate of drug-likeness (QED) is 0.731. The highest BCUT2D eigenvalue weighted by Gasteiger charge is 2.12. The molecule has 1 aromatic carbocycles. The summed E-state index contributed by atoms with van der Waals surface area (Å²) in [6.45, 7) is 3.79. The van der Waals surface area contributed by atoms with Gasteiger partial charge in [-0.15, -0.1) is 0 Å². The predicted octanol–water partition coefficient (Wildman–Crippen LogP) is 3.00. The van der Waals surface area contributed by atoms with Crippen molar-refractivity contribution in [2.24, 2.45) is 0 Å². The number of nitrogens with one attached hydrogen (secondary N) is 1. The van der Waals surface area contributed by atoms with Crippen LogP contribution in [0.5, 0.6) is 5.75 Å². The Morgan fingerprint density at radius 1 is 1.16 bits per heavy atom. The molecule has 1 aliphatic rings. The van der Waals surface area contributed by atoms with E-state index in [-0.39, 0.29) is 0 Å². The van der Waals surface area contributed by atoms with E-state index in [4.69, 9.17) is 9.47 Å². The molecule has 1 fully saturated rings. The minimum absolute atomic E-state index is 0.488. The average Bonchev–Trinajstić information content (AvgIpc) is 2.48. The SMILES string of the molecule is c1ccc(OCCCNCCC2CCCCO2)cc1. The van der Waals surface area contributed by atoms with Gasteiger partial charge >= 0.3 is 0 Å². The molecule has 2 rings (SSSR count). The molecular formula is C16H25NO2. The third kappa shape index (κ3) is 6.08. The monoisotopic (exact) mass is 263 g/mol. The van der Waals surface area contributed by atoms with E-state index in [2.05, 4.69) is 5.32 Å². The zero-order chi connectivity index (χ0) is 13.2. The zero-order valence-corrected chi connectivity index (χ0v) is 11.6. The Hall–Kier alpha value is -1.06. The molecule has 3 nitrogen and oxygen atoms in total. The van der Waals surface area contributed by atoms with Gasteiger partial charge in [0, 0.05) is 6.61 Å². The predicted molar refractivity (Wildman–Crippen MR) is 77.6 cm³/mol. The van der Waals surface area contributed by atoms with Gasteiger partial charge in [0.15, 0.2) is 0 Å². The highest BCUT2D eigenvalue weighted by Crippen LogP contribution is 2.14. The van der Waals surface area contributed by atoms with Crippen LogP contribution in [0.3, 0.4) is 0 Å². The molecule has 19 heavy (non-hydrogen) atoms. The van der Waals surface area contributed by atoms with Crippen LogP contribution in [-0.4, -0.2) is 32.4 Å². The molecule has 1 N–H and O–H groups in total. The second-order valence-corrected chi connectivity index (χ2v) is 5.04. The third-order valence-corrected chi connectivity index (χ3v) is 3.43. The first-order valence-electron chi connectivity index (χ1n) is 7.45. The molecule has 1 saturated heterocycles. The number of para-hydroxylation sites is 1. The molecule has 0 radical (unpaired) electrons. The summed E-state index contributed by atoms with van der Waals surface area (Å²) in [4.78, 5) is 0. The number of rotatable bonds is 8. The number of hydrogen-bond acceptors (Lipinski definition) is 3. The van der Waals surface area contributed by atoms with E-state index in [1.165, 1.54) is 19.3 Å². The fourth-order valence-electron chi connectivity index (χ4n) is 2.33. The minimum atomic E-state index is 0.488. The van der Waals surface area contributed by atoms with E-state index >= 15 is 0 Å². The maximum Gasteiger partial charge on any atom is 0.119 e. The molecule has 0 spiro atoms. The van der Waals surface area contributed by atoms with Crippen molar-refractivity contribution in [3.63, 3.8) is 0 Å². The molecule has 1 aliphatic heterocycles. The van der Waals surface area contributed by atoms with Crippen LogP contribution >= 0.6 is 0 Å². The summed E-state index contributed by atoms with van der Waals surface area (Å²) in [5, 5.41) is 3.46. The molecule has 1 unspecified atom stereocenters. The summed E-state index contributed by atoms with van der Waals surface area (Å²) in [5.74, 6) is 0.957. The summed E-state index contributed by atoms with van der Waals surface area (Å²) in [6.07, 6.45) is 6.47. The van der Waals surface area contributed by atoms with E-state index < -0.39 is 0 Å². The van der Waals surface area contributed by atoms with Gasteiger partial charge in [-0.2, -0.15) is 0 Å². The van der Waals surface area contributed by atoms with E-state index in [0.717, 1.165) is 44.9 Å². The van der Waals surface area contributed by atoms with E-state index in [1.807, 2.05) is 30.3 Å². The summed E-state index contributed by atoms with van der Waals surface area (Å²) < 4.78 is 11.3. The van der Waals surface area contributed by atoms with Crippen LogP contribution in [-0.2, 0) is 4.74 Å². The number of ether oxygens (including phenoxy) is 2. The minimum Gasteiger partial charge on any atom is -0.494 e. The zero-order valence-electron chi connectivity index (χ0n) is 11.6. The Morgan fingerprint density at radius 3 is 2.84 bits per heavy atom. The molecule has 0 aliphatic carbocycles. The Labute approximate surface area is 116 Å². The van der Waals surface area contributed by atoms with Crippen molar-refractivity contribution in [2.75, 3.05) is 26.3 Å². The lowest BCUT2D eigenvalue weighted by Crippen LogP contribution is -2.26. The first-order chi connectivity index (χ1) is 9.45. The average molecular weight is 263 g/mol. The standard InChI is InChI=1S/C16H25NO2/c1-2-7-15(8-3-1)19-14-6-11-17-12-10-16-9-4-5-13-18-16/h1-3,7-8,16-17H,4-6,9-14H2. The molecule has 0 bridgehead atoms. The summed E-state index contributed by atoms with van der Waals surface area (Å²) >= 11 is 0. The van der Waals surface area contributed by atoms with Crippen molar-refractivity contribution in [1.82, 2.24) is 5.32 Å². The third-order valence-electron chi connectivity index (χ3n) is 3.43. The van der Waals surface area contributed by atoms with Gasteiger partial charge in [-0.25, -0.2) is 0 Å². The fraction of sp³-hybridized carbons (Fsp3) is 0.625. The van der Waals surface area contributed by atoms with Gasteiger partial charge < -0.3 is 14.8 Å². The molecule has 0 amide bonds. The highest BCUT2D eigenvalue weighted by atomic mass is 16.5. The molecular weight excluding hydrogens is 238 g/mol. The van der Waals surface area contributed by atoms with Crippen LogP contribution < -0.4 is 10.1 Å². The maximum atomic E-state index is 5.70. The molecule has 1 atom stereocenters. The fourth-order valence-corrected chi connectivity index (χ4v) is 2.33. The van der Waals surface area contributed by atoms with Crippen molar-refractivity contribution in [3.8, 4) is 5.75 Å². The second-order valence-electron chi connectivity index (χ2n) is 5.04. The van der Waals surface area contributed by atoms with E-state index in [1.54, 1.807) is 0 Å². The van der Waals surface area contributed by atoms with Crippen LogP contribution in [0.2, 0.25) is 0 Å². The van der Waals surface area contributed by atoms with Crippen molar-refractivity contribution in [2.45, 2.75) is 38.2 Å². The summed E-state index contributed by atoms with van der Waals surface area (Å²) in [6, 6.07) is 9.99. The molecule has 1 heterocycles. The Bertz CT molecular complexity index is 323. The van der Waals surface area contributed by atoms with Gasteiger partial charge in [-0.3, -0.25) is 0 Å². The first-order valence-corrected chi connectivity index (χ1v) is 7.45. The van der Waals surface area contributed by atoms with Crippen LogP contribution in [0.25, 0.3) is 0 Å². The summed E-state index contributed by atoms with van der Waals surface area (Å²) in [7, 11) is 0. The van der Waals surface area contributed by atoms with Crippen LogP contribution in [0.1, 0.15) is 32.1 Å². The Balaban J connectivity index is 1.42. The topological polar surface area (TPSA) is 30.5 Å². The molecule has 106 valence electrons. The smallest absolute Gasteiger partial charge is 0.119 e. The van der Waals surface area contributed by atoms with Crippen molar-refractivity contribution >= 4 is 0 Å². The number of hydrogen-bond donors (Lipinski definition) is 1. The van der Waals surface area contributed by atoms with Gasteiger partial charge in [0.05, 0.1) is 12.7 Å². The molecule has 3 heteroatoms. The Morgan fingerprint density at radius 2 is 2.05 bits per heavy atom. The van der Waals surface area contributed by atoms with Gasteiger partial charge in [-0.1, -0.05) is 18.2 Å².